The lowest BCUT2D eigenvalue weighted by Gasteiger charge is -2.00. The molecule has 0 aromatic heterocycles. The number of carbonyl (C=O) groups is 2. The van der Waals surface area contributed by atoms with Gasteiger partial charge >= 0.3 is 0 Å². The smallest absolute Gasteiger partial charge is 0.130 e. The van der Waals surface area contributed by atoms with E-state index in [-0.39, 0.29) is 18.1 Å². The standard InChI is InChI=1S/C13H14O2/c1-11(15)9-13(10-14)8-7-12-5-3-2-4-6-12/h2-8,10,13H,9H2,1H3/b8-7+. The molecule has 0 fully saturated rings. The number of hydrogen-bond acceptors (Lipinski definition) is 2. The zero-order valence-electron chi connectivity index (χ0n) is 8.72. The molecule has 0 radical (unpaired) electrons. The number of benzene rings is 1. The fourth-order valence-electron chi connectivity index (χ4n) is 1.29. The van der Waals surface area contributed by atoms with Crippen LogP contribution in [-0.2, 0) is 9.59 Å². The number of Topliss-reactive ketones (excluding diaryl/α,β-unsaturated/α-hetero) is 1. The second-order valence-electron chi connectivity index (χ2n) is 3.48. The second kappa shape index (κ2) is 5.91. The van der Waals surface area contributed by atoms with Crippen molar-refractivity contribution in [2.75, 3.05) is 0 Å². The van der Waals surface area contributed by atoms with Gasteiger partial charge in [0, 0.05) is 12.3 Å². The van der Waals surface area contributed by atoms with Crippen LogP contribution in [0.5, 0.6) is 0 Å². The third-order valence-corrected chi connectivity index (χ3v) is 2.03. The topological polar surface area (TPSA) is 34.1 Å². The quantitative estimate of drug-likeness (QED) is 0.687. The zero-order chi connectivity index (χ0) is 11.1. The highest BCUT2D eigenvalue weighted by molar-refractivity contribution is 5.79. The molecule has 0 amide bonds. The number of allylic oxidation sites excluding steroid dienone is 1. The summed E-state index contributed by atoms with van der Waals surface area (Å²) >= 11 is 0. The van der Waals surface area contributed by atoms with E-state index in [1.807, 2.05) is 36.4 Å². The van der Waals surface area contributed by atoms with Crippen molar-refractivity contribution in [3.8, 4) is 0 Å². The van der Waals surface area contributed by atoms with Gasteiger partial charge in [0.25, 0.3) is 0 Å². The Balaban J connectivity index is 2.62. The van der Waals surface area contributed by atoms with E-state index in [9.17, 15) is 9.59 Å². The molecule has 0 heterocycles. The van der Waals surface area contributed by atoms with Crippen molar-refractivity contribution in [3.05, 3.63) is 42.0 Å². The maximum Gasteiger partial charge on any atom is 0.130 e. The van der Waals surface area contributed by atoms with Crippen LogP contribution >= 0.6 is 0 Å². The number of rotatable bonds is 5. The zero-order valence-corrected chi connectivity index (χ0v) is 8.72. The lowest BCUT2D eigenvalue weighted by Crippen LogP contribution is -2.03. The first-order chi connectivity index (χ1) is 7.22. The molecule has 0 aliphatic carbocycles. The molecule has 0 bridgehead atoms. The fraction of sp³-hybridized carbons (Fsp3) is 0.231. The van der Waals surface area contributed by atoms with E-state index in [2.05, 4.69) is 0 Å². The summed E-state index contributed by atoms with van der Waals surface area (Å²) < 4.78 is 0. The average Bonchev–Trinajstić information content (AvgIpc) is 2.25. The summed E-state index contributed by atoms with van der Waals surface area (Å²) in [5.41, 5.74) is 1.04. The van der Waals surface area contributed by atoms with Crippen LogP contribution in [0.1, 0.15) is 18.9 Å². The van der Waals surface area contributed by atoms with Crippen LogP contribution in [0.2, 0.25) is 0 Å². The molecule has 1 unspecified atom stereocenters. The van der Waals surface area contributed by atoms with E-state index in [0.29, 0.717) is 0 Å². The number of carbonyl (C=O) groups excluding carboxylic acids is 2. The molecule has 2 nitrogen and oxygen atoms in total. The Morgan fingerprint density at radius 3 is 2.53 bits per heavy atom. The molecule has 1 atom stereocenters. The molecule has 0 aliphatic heterocycles. The van der Waals surface area contributed by atoms with Gasteiger partial charge < -0.3 is 4.79 Å². The van der Waals surface area contributed by atoms with Crippen LogP contribution in [0.3, 0.4) is 0 Å². The van der Waals surface area contributed by atoms with E-state index < -0.39 is 0 Å². The highest BCUT2D eigenvalue weighted by atomic mass is 16.1. The van der Waals surface area contributed by atoms with Gasteiger partial charge in [0.05, 0.1) is 0 Å². The summed E-state index contributed by atoms with van der Waals surface area (Å²) in [7, 11) is 0. The molecule has 0 N–H and O–H groups in total. The van der Waals surface area contributed by atoms with Crippen LogP contribution < -0.4 is 0 Å². The minimum Gasteiger partial charge on any atom is -0.303 e. The minimum absolute atomic E-state index is 0.0322. The SMILES string of the molecule is CC(=O)CC(C=O)/C=C/c1ccccc1. The van der Waals surface area contributed by atoms with Crippen LogP contribution in [0.15, 0.2) is 36.4 Å². The predicted octanol–water partition coefficient (Wildman–Crippen LogP) is 2.49. The van der Waals surface area contributed by atoms with E-state index in [0.717, 1.165) is 11.8 Å². The second-order valence-corrected chi connectivity index (χ2v) is 3.48. The van der Waals surface area contributed by atoms with E-state index in [1.54, 1.807) is 6.08 Å². The molecule has 0 aliphatic rings. The Morgan fingerprint density at radius 1 is 1.33 bits per heavy atom. The molecule has 0 saturated heterocycles. The summed E-state index contributed by atoms with van der Waals surface area (Å²) in [5, 5.41) is 0. The number of aldehydes is 1. The summed E-state index contributed by atoms with van der Waals surface area (Å²) in [6.07, 6.45) is 4.72. The maximum absolute atomic E-state index is 10.8. The highest BCUT2D eigenvalue weighted by Crippen LogP contribution is 2.07. The van der Waals surface area contributed by atoms with Gasteiger partial charge in [0.1, 0.15) is 12.1 Å². The first-order valence-corrected chi connectivity index (χ1v) is 4.90. The van der Waals surface area contributed by atoms with Crippen LogP contribution in [0, 0.1) is 5.92 Å². The minimum atomic E-state index is -0.303. The van der Waals surface area contributed by atoms with Gasteiger partial charge in [-0.25, -0.2) is 0 Å². The molecule has 15 heavy (non-hydrogen) atoms. The van der Waals surface area contributed by atoms with Crippen molar-refractivity contribution in [1.82, 2.24) is 0 Å². The van der Waals surface area contributed by atoms with E-state index >= 15 is 0 Å². The fourth-order valence-corrected chi connectivity index (χ4v) is 1.29. The third-order valence-electron chi connectivity index (χ3n) is 2.03. The van der Waals surface area contributed by atoms with Crippen LogP contribution in [-0.4, -0.2) is 12.1 Å². The van der Waals surface area contributed by atoms with Crippen molar-refractivity contribution in [1.29, 1.82) is 0 Å². The predicted molar refractivity (Wildman–Crippen MR) is 60.3 cm³/mol. The van der Waals surface area contributed by atoms with Gasteiger partial charge in [0.15, 0.2) is 0 Å². The van der Waals surface area contributed by atoms with Gasteiger partial charge in [-0.15, -0.1) is 0 Å². The molecule has 1 rings (SSSR count). The lowest BCUT2D eigenvalue weighted by atomic mass is 10.0. The highest BCUT2D eigenvalue weighted by Gasteiger charge is 2.05. The number of hydrogen-bond donors (Lipinski definition) is 0. The number of ketones is 1. The summed E-state index contributed by atoms with van der Waals surface area (Å²) in [6.45, 7) is 1.49. The summed E-state index contributed by atoms with van der Waals surface area (Å²) in [6, 6.07) is 9.70. The monoisotopic (exact) mass is 202 g/mol. The Kier molecular flexibility index (Phi) is 4.48. The van der Waals surface area contributed by atoms with Gasteiger partial charge in [-0.3, -0.25) is 4.79 Å². The first-order valence-electron chi connectivity index (χ1n) is 4.90. The summed E-state index contributed by atoms with van der Waals surface area (Å²) in [5.74, 6) is -0.271. The molecule has 1 aromatic carbocycles. The molecule has 1 aromatic rings. The van der Waals surface area contributed by atoms with Crippen LogP contribution in [0.25, 0.3) is 6.08 Å². The molecule has 0 spiro atoms. The molecular formula is C13H14O2. The van der Waals surface area contributed by atoms with Crippen molar-refractivity contribution in [2.45, 2.75) is 13.3 Å². The molecular weight excluding hydrogens is 188 g/mol. The first kappa shape index (κ1) is 11.4. The van der Waals surface area contributed by atoms with Crippen molar-refractivity contribution in [2.24, 2.45) is 5.92 Å². The molecule has 0 saturated carbocycles. The largest absolute Gasteiger partial charge is 0.303 e. The normalized spacial score (nSPS) is 12.6. The van der Waals surface area contributed by atoms with Crippen molar-refractivity contribution >= 4 is 18.1 Å². The molecule has 78 valence electrons. The van der Waals surface area contributed by atoms with Crippen molar-refractivity contribution < 1.29 is 9.59 Å². The lowest BCUT2D eigenvalue weighted by molar-refractivity contribution is -0.120. The Hall–Kier alpha value is -1.70. The van der Waals surface area contributed by atoms with Crippen molar-refractivity contribution in [3.63, 3.8) is 0 Å². The Bertz CT molecular complexity index is 352. The maximum atomic E-state index is 10.8. The van der Waals surface area contributed by atoms with E-state index in [1.165, 1.54) is 6.92 Å². The Morgan fingerprint density at radius 2 is 2.00 bits per heavy atom. The molecule has 2 heteroatoms. The van der Waals surface area contributed by atoms with Crippen LogP contribution in [0.4, 0.5) is 0 Å². The van der Waals surface area contributed by atoms with Gasteiger partial charge in [-0.1, -0.05) is 42.5 Å². The van der Waals surface area contributed by atoms with Gasteiger partial charge in [-0.2, -0.15) is 0 Å². The summed E-state index contributed by atoms with van der Waals surface area (Å²) in [4.78, 5) is 21.5. The van der Waals surface area contributed by atoms with E-state index in [4.69, 9.17) is 0 Å². The Labute approximate surface area is 89.6 Å². The average molecular weight is 202 g/mol. The van der Waals surface area contributed by atoms with Gasteiger partial charge in [-0.05, 0) is 12.5 Å². The third kappa shape index (κ3) is 4.36. The van der Waals surface area contributed by atoms with Gasteiger partial charge in [0.2, 0.25) is 0 Å².